The Labute approximate surface area is 180 Å². The number of benzene rings is 2. The van der Waals surface area contributed by atoms with Crippen molar-refractivity contribution in [3.05, 3.63) is 59.7 Å². The molecule has 2 aliphatic rings. The highest BCUT2D eigenvalue weighted by Gasteiger charge is 2.17. The number of hydrogen-bond acceptors (Lipinski definition) is 4. The molecule has 2 aromatic rings. The Morgan fingerprint density at radius 2 is 1.43 bits per heavy atom. The molecule has 2 aliphatic heterocycles. The van der Waals surface area contributed by atoms with Crippen LogP contribution in [-0.4, -0.2) is 45.3 Å². The summed E-state index contributed by atoms with van der Waals surface area (Å²) < 4.78 is 5.41. The van der Waals surface area contributed by atoms with Crippen molar-refractivity contribution in [3.8, 4) is 0 Å². The maximum Gasteiger partial charge on any atom is 0.251 e. The molecule has 2 saturated heterocycles. The molecule has 5 heteroatoms. The van der Waals surface area contributed by atoms with Crippen LogP contribution in [0, 0.1) is 5.92 Å². The van der Waals surface area contributed by atoms with Crippen LogP contribution in [-0.2, 0) is 4.74 Å². The molecule has 2 aromatic carbocycles. The van der Waals surface area contributed by atoms with Gasteiger partial charge in [-0.2, -0.15) is 0 Å². The van der Waals surface area contributed by atoms with E-state index in [2.05, 4.69) is 46.3 Å². The lowest BCUT2D eigenvalue weighted by Gasteiger charge is -2.32. The lowest BCUT2D eigenvalue weighted by atomic mass is 9.98. The SMILES string of the molecule is CC1CCN(c2ccc([C@@H](C)NC(=O)c3ccc(N4CCOCC4)cc3)cc2)CC1. The molecule has 2 fully saturated rings. The summed E-state index contributed by atoms with van der Waals surface area (Å²) in [4.78, 5) is 17.5. The second kappa shape index (κ2) is 9.52. The van der Waals surface area contributed by atoms with E-state index in [-0.39, 0.29) is 11.9 Å². The molecule has 0 radical (unpaired) electrons. The number of piperidine rings is 1. The van der Waals surface area contributed by atoms with Gasteiger partial charge in [-0.1, -0.05) is 19.1 Å². The summed E-state index contributed by atoms with van der Waals surface area (Å²) in [6.07, 6.45) is 2.52. The largest absolute Gasteiger partial charge is 0.378 e. The van der Waals surface area contributed by atoms with Gasteiger partial charge >= 0.3 is 0 Å². The lowest BCUT2D eigenvalue weighted by Crippen LogP contribution is -2.36. The molecular weight excluding hydrogens is 374 g/mol. The zero-order valence-electron chi connectivity index (χ0n) is 18.1. The lowest BCUT2D eigenvalue weighted by molar-refractivity contribution is 0.0940. The first-order valence-electron chi connectivity index (χ1n) is 11.2. The topological polar surface area (TPSA) is 44.8 Å². The van der Waals surface area contributed by atoms with Gasteiger partial charge in [-0.15, -0.1) is 0 Å². The zero-order chi connectivity index (χ0) is 20.9. The van der Waals surface area contributed by atoms with Gasteiger partial charge in [0, 0.05) is 43.1 Å². The normalized spacial score (nSPS) is 18.9. The molecule has 1 N–H and O–H groups in total. The smallest absolute Gasteiger partial charge is 0.251 e. The van der Waals surface area contributed by atoms with E-state index in [1.807, 2.05) is 31.2 Å². The van der Waals surface area contributed by atoms with E-state index < -0.39 is 0 Å². The molecule has 0 saturated carbocycles. The van der Waals surface area contributed by atoms with Gasteiger partial charge in [0.15, 0.2) is 0 Å². The van der Waals surface area contributed by atoms with Crippen LogP contribution in [0.4, 0.5) is 11.4 Å². The number of nitrogens with one attached hydrogen (secondary N) is 1. The Hall–Kier alpha value is -2.53. The highest BCUT2D eigenvalue weighted by molar-refractivity contribution is 5.94. The zero-order valence-corrected chi connectivity index (χ0v) is 18.1. The Kier molecular flexibility index (Phi) is 6.58. The average Bonchev–Trinajstić information content (AvgIpc) is 2.80. The molecule has 0 aromatic heterocycles. The van der Waals surface area contributed by atoms with Crippen LogP contribution in [0.5, 0.6) is 0 Å². The third kappa shape index (κ3) is 4.96. The predicted octanol–water partition coefficient (Wildman–Crippen LogP) is 4.25. The third-order valence-electron chi connectivity index (χ3n) is 6.40. The van der Waals surface area contributed by atoms with Crippen LogP contribution >= 0.6 is 0 Å². The maximum absolute atomic E-state index is 12.7. The summed E-state index contributed by atoms with van der Waals surface area (Å²) >= 11 is 0. The van der Waals surface area contributed by atoms with E-state index in [0.29, 0.717) is 5.56 Å². The van der Waals surface area contributed by atoms with Gasteiger partial charge in [0.1, 0.15) is 0 Å². The molecule has 5 nitrogen and oxygen atoms in total. The minimum absolute atomic E-state index is 0.0353. The van der Waals surface area contributed by atoms with Gasteiger partial charge in [-0.05, 0) is 67.6 Å². The first-order valence-corrected chi connectivity index (χ1v) is 11.2. The molecule has 160 valence electrons. The number of morpholine rings is 1. The highest BCUT2D eigenvalue weighted by Crippen LogP contribution is 2.25. The Balaban J connectivity index is 1.33. The predicted molar refractivity (Wildman–Crippen MR) is 122 cm³/mol. The monoisotopic (exact) mass is 407 g/mol. The highest BCUT2D eigenvalue weighted by atomic mass is 16.5. The van der Waals surface area contributed by atoms with E-state index in [0.717, 1.165) is 56.6 Å². The van der Waals surface area contributed by atoms with Crippen LogP contribution in [0.3, 0.4) is 0 Å². The van der Waals surface area contributed by atoms with Crippen LogP contribution in [0.15, 0.2) is 48.5 Å². The van der Waals surface area contributed by atoms with Crippen molar-refractivity contribution in [3.63, 3.8) is 0 Å². The Morgan fingerprint density at radius 1 is 0.900 bits per heavy atom. The summed E-state index contributed by atoms with van der Waals surface area (Å²) in [7, 11) is 0. The van der Waals surface area contributed by atoms with Gasteiger partial charge in [0.25, 0.3) is 5.91 Å². The standard InChI is InChI=1S/C25H33N3O2/c1-19-11-13-27(14-12-19)23-7-3-21(4-8-23)20(2)26-25(29)22-5-9-24(10-6-22)28-15-17-30-18-16-28/h3-10,19-20H,11-18H2,1-2H3,(H,26,29)/t20-/m1/s1. The van der Waals surface area contributed by atoms with Gasteiger partial charge in [0.05, 0.1) is 19.3 Å². The van der Waals surface area contributed by atoms with Crippen LogP contribution in [0.25, 0.3) is 0 Å². The first kappa shape index (κ1) is 20.7. The molecule has 1 atom stereocenters. The fourth-order valence-corrected chi connectivity index (χ4v) is 4.25. The average molecular weight is 408 g/mol. The number of anilines is 2. The van der Waals surface area contributed by atoms with Gasteiger partial charge in [-0.3, -0.25) is 4.79 Å². The Bertz CT molecular complexity index is 820. The molecule has 4 rings (SSSR count). The molecule has 1 amide bonds. The maximum atomic E-state index is 12.7. The van der Waals surface area contributed by atoms with E-state index in [4.69, 9.17) is 4.74 Å². The molecule has 2 heterocycles. The van der Waals surface area contributed by atoms with Crippen molar-refractivity contribution >= 4 is 17.3 Å². The minimum Gasteiger partial charge on any atom is -0.378 e. The second-order valence-electron chi connectivity index (χ2n) is 8.60. The number of carbonyl (C=O) groups excluding carboxylic acids is 1. The van der Waals surface area contributed by atoms with Crippen molar-refractivity contribution in [2.45, 2.75) is 32.7 Å². The van der Waals surface area contributed by atoms with Gasteiger partial charge in [-0.25, -0.2) is 0 Å². The van der Waals surface area contributed by atoms with Crippen molar-refractivity contribution in [1.29, 1.82) is 0 Å². The van der Waals surface area contributed by atoms with E-state index in [1.54, 1.807) is 0 Å². The summed E-state index contributed by atoms with van der Waals surface area (Å²) in [6.45, 7) is 9.95. The second-order valence-corrected chi connectivity index (χ2v) is 8.60. The number of carbonyl (C=O) groups is 1. The fraction of sp³-hybridized carbons (Fsp3) is 0.480. The van der Waals surface area contributed by atoms with Crippen molar-refractivity contribution in [2.75, 3.05) is 49.2 Å². The first-order chi connectivity index (χ1) is 14.6. The Morgan fingerprint density at radius 3 is 2.03 bits per heavy atom. The summed E-state index contributed by atoms with van der Waals surface area (Å²) in [5.41, 5.74) is 4.24. The van der Waals surface area contributed by atoms with E-state index >= 15 is 0 Å². The number of hydrogen-bond donors (Lipinski definition) is 1. The van der Waals surface area contributed by atoms with E-state index in [9.17, 15) is 4.79 Å². The molecule has 30 heavy (non-hydrogen) atoms. The van der Waals surface area contributed by atoms with Crippen LogP contribution in [0.1, 0.15) is 48.7 Å². The van der Waals surface area contributed by atoms with Crippen molar-refractivity contribution < 1.29 is 9.53 Å². The number of amides is 1. The van der Waals surface area contributed by atoms with Gasteiger partial charge < -0.3 is 19.9 Å². The fourth-order valence-electron chi connectivity index (χ4n) is 4.25. The quantitative estimate of drug-likeness (QED) is 0.805. The molecular formula is C25H33N3O2. The molecule has 0 aliphatic carbocycles. The van der Waals surface area contributed by atoms with E-state index in [1.165, 1.54) is 18.5 Å². The van der Waals surface area contributed by atoms with Crippen LogP contribution in [0.2, 0.25) is 0 Å². The number of rotatable bonds is 5. The molecule has 0 unspecified atom stereocenters. The van der Waals surface area contributed by atoms with Crippen molar-refractivity contribution in [2.24, 2.45) is 5.92 Å². The van der Waals surface area contributed by atoms with Crippen molar-refractivity contribution in [1.82, 2.24) is 5.32 Å². The summed E-state index contributed by atoms with van der Waals surface area (Å²) in [6, 6.07) is 16.5. The summed E-state index contributed by atoms with van der Waals surface area (Å²) in [5, 5.41) is 3.13. The molecule has 0 bridgehead atoms. The minimum atomic E-state index is -0.0369. The van der Waals surface area contributed by atoms with Gasteiger partial charge in [0.2, 0.25) is 0 Å². The van der Waals surface area contributed by atoms with Crippen LogP contribution < -0.4 is 15.1 Å². The third-order valence-corrected chi connectivity index (χ3v) is 6.40. The molecule has 0 spiro atoms. The number of ether oxygens (including phenoxy) is 1. The number of nitrogens with zero attached hydrogens (tertiary/aromatic N) is 2. The summed E-state index contributed by atoms with van der Waals surface area (Å²) in [5.74, 6) is 0.795.